The Morgan fingerprint density at radius 1 is 1.35 bits per heavy atom. The lowest BCUT2D eigenvalue weighted by atomic mass is 10.3. The van der Waals surface area contributed by atoms with Crippen LogP contribution in [-0.4, -0.2) is 38.5 Å². The van der Waals surface area contributed by atoms with E-state index in [0.29, 0.717) is 25.5 Å². The van der Waals surface area contributed by atoms with E-state index in [1.165, 1.54) is 0 Å². The molecule has 1 N–H and O–H groups in total. The van der Waals surface area contributed by atoms with E-state index in [0.717, 1.165) is 18.7 Å². The van der Waals surface area contributed by atoms with Gasteiger partial charge in [-0.3, -0.25) is 0 Å². The number of methoxy groups -OCH3 is 1. The van der Waals surface area contributed by atoms with E-state index < -0.39 is 0 Å². The SMILES string of the molecule is COCCOCCCNc1ccc(C#N)nc1. The molecule has 1 aromatic rings. The van der Waals surface area contributed by atoms with Crippen molar-refractivity contribution in [1.29, 1.82) is 5.26 Å². The second-order valence-electron chi connectivity index (χ2n) is 3.43. The number of pyridine rings is 1. The maximum absolute atomic E-state index is 8.59. The molecule has 0 fully saturated rings. The molecule has 92 valence electrons. The van der Waals surface area contributed by atoms with Gasteiger partial charge in [0.05, 0.1) is 25.1 Å². The summed E-state index contributed by atoms with van der Waals surface area (Å²) >= 11 is 0. The molecule has 17 heavy (non-hydrogen) atoms. The Morgan fingerprint density at radius 2 is 2.24 bits per heavy atom. The van der Waals surface area contributed by atoms with Gasteiger partial charge in [0.1, 0.15) is 11.8 Å². The van der Waals surface area contributed by atoms with E-state index in [1.807, 2.05) is 12.1 Å². The minimum atomic E-state index is 0.429. The summed E-state index contributed by atoms with van der Waals surface area (Å²) in [6.45, 7) is 2.79. The fourth-order valence-corrected chi connectivity index (χ4v) is 1.22. The molecule has 0 radical (unpaired) electrons. The molecule has 5 heteroatoms. The zero-order valence-corrected chi connectivity index (χ0v) is 9.98. The Kier molecular flexibility index (Phi) is 6.72. The van der Waals surface area contributed by atoms with Crippen LogP contribution in [0.25, 0.3) is 0 Å². The molecular formula is C12H17N3O2. The Balaban J connectivity index is 2.08. The molecule has 0 aliphatic heterocycles. The standard InChI is InChI=1S/C12H17N3O2/c1-16-7-8-17-6-2-5-14-12-4-3-11(9-13)15-10-12/h3-4,10,14H,2,5-8H2,1H3. The molecule has 0 aromatic carbocycles. The largest absolute Gasteiger partial charge is 0.384 e. The highest BCUT2D eigenvalue weighted by atomic mass is 16.5. The molecular weight excluding hydrogens is 218 g/mol. The fraction of sp³-hybridized carbons (Fsp3) is 0.500. The molecule has 0 atom stereocenters. The van der Waals surface area contributed by atoms with Gasteiger partial charge >= 0.3 is 0 Å². The maximum Gasteiger partial charge on any atom is 0.140 e. The summed E-state index contributed by atoms with van der Waals surface area (Å²) in [6.07, 6.45) is 2.58. The predicted molar refractivity (Wildman–Crippen MR) is 64.8 cm³/mol. The van der Waals surface area contributed by atoms with Crippen molar-refractivity contribution >= 4 is 5.69 Å². The Morgan fingerprint density at radius 3 is 2.88 bits per heavy atom. The van der Waals surface area contributed by atoms with Crippen LogP contribution in [0.3, 0.4) is 0 Å². The average molecular weight is 235 g/mol. The van der Waals surface area contributed by atoms with Crippen molar-refractivity contribution in [1.82, 2.24) is 4.98 Å². The summed E-state index contributed by atoms with van der Waals surface area (Å²) in [5, 5.41) is 11.8. The third-order valence-electron chi connectivity index (χ3n) is 2.10. The number of anilines is 1. The first-order valence-electron chi connectivity index (χ1n) is 5.53. The van der Waals surface area contributed by atoms with Gasteiger partial charge in [0, 0.05) is 20.3 Å². The number of rotatable bonds is 8. The Bertz CT molecular complexity index is 346. The number of hydrogen-bond acceptors (Lipinski definition) is 5. The van der Waals surface area contributed by atoms with Gasteiger partial charge in [-0.2, -0.15) is 5.26 Å². The fourth-order valence-electron chi connectivity index (χ4n) is 1.22. The predicted octanol–water partition coefficient (Wildman–Crippen LogP) is 1.42. The number of ether oxygens (including phenoxy) is 2. The second kappa shape index (κ2) is 8.50. The molecule has 0 spiro atoms. The minimum absolute atomic E-state index is 0.429. The topological polar surface area (TPSA) is 67.2 Å². The van der Waals surface area contributed by atoms with Crippen molar-refractivity contribution in [2.24, 2.45) is 0 Å². The summed E-state index contributed by atoms with van der Waals surface area (Å²) in [7, 11) is 1.66. The van der Waals surface area contributed by atoms with Gasteiger partial charge in [-0.05, 0) is 18.6 Å². The van der Waals surface area contributed by atoms with Crippen LogP contribution in [-0.2, 0) is 9.47 Å². The molecule has 0 saturated carbocycles. The highest BCUT2D eigenvalue weighted by Crippen LogP contribution is 2.05. The van der Waals surface area contributed by atoms with Gasteiger partial charge in [-0.15, -0.1) is 0 Å². The van der Waals surface area contributed by atoms with Crippen molar-refractivity contribution in [2.45, 2.75) is 6.42 Å². The van der Waals surface area contributed by atoms with Gasteiger partial charge in [0.25, 0.3) is 0 Å². The van der Waals surface area contributed by atoms with Crippen LogP contribution in [0.15, 0.2) is 18.3 Å². The van der Waals surface area contributed by atoms with E-state index in [-0.39, 0.29) is 0 Å². The van der Waals surface area contributed by atoms with Crippen molar-refractivity contribution in [2.75, 3.05) is 38.8 Å². The first-order chi connectivity index (χ1) is 8.36. The molecule has 0 aliphatic rings. The monoisotopic (exact) mass is 235 g/mol. The van der Waals surface area contributed by atoms with Crippen LogP contribution in [0, 0.1) is 11.3 Å². The lowest BCUT2D eigenvalue weighted by molar-refractivity contribution is 0.0705. The van der Waals surface area contributed by atoms with E-state index in [4.69, 9.17) is 14.7 Å². The van der Waals surface area contributed by atoms with Crippen molar-refractivity contribution in [3.05, 3.63) is 24.0 Å². The van der Waals surface area contributed by atoms with Crippen LogP contribution in [0.1, 0.15) is 12.1 Å². The van der Waals surface area contributed by atoms with Crippen LogP contribution >= 0.6 is 0 Å². The molecule has 1 aromatic heterocycles. The summed E-state index contributed by atoms with van der Waals surface area (Å²) in [4.78, 5) is 3.97. The summed E-state index contributed by atoms with van der Waals surface area (Å²) in [6, 6.07) is 5.52. The summed E-state index contributed by atoms with van der Waals surface area (Å²) < 4.78 is 10.2. The lowest BCUT2D eigenvalue weighted by Crippen LogP contribution is -2.08. The number of nitrogens with one attached hydrogen (secondary N) is 1. The first kappa shape index (κ1) is 13.4. The maximum atomic E-state index is 8.59. The van der Waals surface area contributed by atoms with E-state index in [1.54, 1.807) is 19.4 Å². The zero-order chi connectivity index (χ0) is 12.3. The normalized spacial score (nSPS) is 9.88. The van der Waals surface area contributed by atoms with Crippen LogP contribution in [0.5, 0.6) is 0 Å². The molecule has 1 rings (SSSR count). The van der Waals surface area contributed by atoms with Gasteiger partial charge in [-0.25, -0.2) is 4.98 Å². The molecule has 0 aliphatic carbocycles. The number of hydrogen-bond donors (Lipinski definition) is 1. The zero-order valence-electron chi connectivity index (χ0n) is 9.98. The quantitative estimate of drug-likeness (QED) is 0.690. The van der Waals surface area contributed by atoms with E-state index in [9.17, 15) is 0 Å². The van der Waals surface area contributed by atoms with Gasteiger partial charge in [-0.1, -0.05) is 0 Å². The Hall–Kier alpha value is -1.64. The van der Waals surface area contributed by atoms with Crippen molar-refractivity contribution in [3.63, 3.8) is 0 Å². The number of nitrogens with zero attached hydrogens (tertiary/aromatic N) is 2. The summed E-state index contributed by atoms with van der Waals surface area (Å²) in [5.41, 5.74) is 1.35. The second-order valence-corrected chi connectivity index (χ2v) is 3.43. The van der Waals surface area contributed by atoms with Gasteiger partial charge in [0.2, 0.25) is 0 Å². The van der Waals surface area contributed by atoms with Crippen molar-refractivity contribution < 1.29 is 9.47 Å². The minimum Gasteiger partial charge on any atom is -0.384 e. The van der Waals surface area contributed by atoms with Crippen LogP contribution in [0.2, 0.25) is 0 Å². The van der Waals surface area contributed by atoms with Crippen LogP contribution < -0.4 is 5.32 Å². The highest BCUT2D eigenvalue weighted by molar-refractivity contribution is 5.42. The molecule has 0 saturated heterocycles. The molecule has 0 unspecified atom stereocenters. The first-order valence-corrected chi connectivity index (χ1v) is 5.53. The summed E-state index contributed by atoms with van der Waals surface area (Å²) in [5.74, 6) is 0. The molecule has 0 amide bonds. The Labute approximate surface area is 101 Å². The average Bonchev–Trinajstić information content (AvgIpc) is 2.38. The van der Waals surface area contributed by atoms with E-state index >= 15 is 0 Å². The molecule has 5 nitrogen and oxygen atoms in total. The van der Waals surface area contributed by atoms with Gasteiger partial charge < -0.3 is 14.8 Å². The van der Waals surface area contributed by atoms with Crippen LogP contribution in [0.4, 0.5) is 5.69 Å². The smallest absolute Gasteiger partial charge is 0.140 e. The van der Waals surface area contributed by atoms with E-state index in [2.05, 4.69) is 10.3 Å². The van der Waals surface area contributed by atoms with Crippen molar-refractivity contribution in [3.8, 4) is 6.07 Å². The third-order valence-corrected chi connectivity index (χ3v) is 2.10. The highest BCUT2D eigenvalue weighted by Gasteiger charge is 1.94. The molecule has 0 bridgehead atoms. The lowest BCUT2D eigenvalue weighted by Gasteiger charge is -2.06. The number of nitriles is 1. The van der Waals surface area contributed by atoms with Gasteiger partial charge in [0.15, 0.2) is 0 Å². The molecule has 1 heterocycles. The number of aromatic nitrogens is 1. The third kappa shape index (κ3) is 5.85.